The molecule has 0 bridgehead atoms. The van der Waals surface area contributed by atoms with Gasteiger partial charge in [-0.25, -0.2) is 4.79 Å². The number of likely N-dealkylation sites (tertiary alicyclic amines) is 1. The number of carbonyl (C=O) groups excluding carboxylic acids is 3. The number of ketones is 1. The van der Waals surface area contributed by atoms with Gasteiger partial charge < -0.3 is 9.47 Å². The summed E-state index contributed by atoms with van der Waals surface area (Å²) in [6, 6.07) is 0. The van der Waals surface area contributed by atoms with Crippen LogP contribution in [0.5, 0.6) is 0 Å². The van der Waals surface area contributed by atoms with Crippen molar-refractivity contribution >= 4 is 17.8 Å². The number of Topliss-reactive ketones (excluding diaryl/α,β-unsaturated/α-hetero) is 1. The van der Waals surface area contributed by atoms with Crippen LogP contribution in [0.3, 0.4) is 0 Å². The lowest BCUT2D eigenvalue weighted by molar-refractivity contribution is -0.140. The molecule has 1 rings (SSSR count). The molecule has 0 aliphatic carbocycles. The molecule has 0 aromatic rings. The van der Waals surface area contributed by atoms with E-state index in [0.29, 0.717) is 25.7 Å². The summed E-state index contributed by atoms with van der Waals surface area (Å²) in [7, 11) is 1.37. The molecule has 0 N–H and O–H groups in total. The third-order valence-electron chi connectivity index (χ3n) is 4.54. The van der Waals surface area contributed by atoms with E-state index in [-0.39, 0.29) is 18.3 Å². The normalized spacial score (nSPS) is 20.7. The SMILES string of the molecule is CCCCC[C@@]1(CCCC(=O)OC)CC(=O)CN1C(=O)OC(C)(C)C. The lowest BCUT2D eigenvalue weighted by Gasteiger charge is -2.39. The van der Waals surface area contributed by atoms with Crippen molar-refractivity contribution in [2.45, 2.75) is 90.2 Å². The number of methoxy groups -OCH3 is 1. The van der Waals surface area contributed by atoms with Crippen molar-refractivity contribution < 1.29 is 23.9 Å². The fraction of sp³-hybridized carbons (Fsp3) is 0.842. The van der Waals surface area contributed by atoms with Gasteiger partial charge in [-0.3, -0.25) is 14.5 Å². The minimum absolute atomic E-state index is 0.0559. The first-order chi connectivity index (χ1) is 11.6. The summed E-state index contributed by atoms with van der Waals surface area (Å²) in [5, 5.41) is 0. The maximum absolute atomic E-state index is 12.7. The zero-order chi connectivity index (χ0) is 19.1. The monoisotopic (exact) mass is 355 g/mol. The average Bonchev–Trinajstić information content (AvgIpc) is 2.82. The first-order valence-corrected chi connectivity index (χ1v) is 9.22. The van der Waals surface area contributed by atoms with Gasteiger partial charge in [0.2, 0.25) is 0 Å². The van der Waals surface area contributed by atoms with Gasteiger partial charge in [-0.15, -0.1) is 0 Å². The summed E-state index contributed by atoms with van der Waals surface area (Å²) in [5.41, 5.74) is -1.15. The van der Waals surface area contributed by atoms with Crippen LogP contribution in [0, 0.1) is 0 Å². The molecule has 0 unspecified atom stereocenters. The van der Waals surface area contributed by atoms with Gasteiger partial charge in [-0.1, -0.05) is 26.2 Å². The van der Waals surface area contributed by atoms with E-state index in [0.717, 1.165) is 25.7 Å². The van der Waals surface area contributed by atoms with E-state index in [1.807, 2.05) is 20.8 Å². The Hall–Kier alpha value is -1.59. The van der Waals surface area contributed by atoms with Crippen LogP contribution in [-0.4, -0.2) is 47.5 Å². The van der Waals surface area contributed by atoms with Crippen molar-refractivity contribution in [3.63, 3.8) is 0 Å². The van der Waals surface area contributed by atoms with Crippen LogP contribution in [0.25, 0.3) is 0 Å². The average molecular weight is 355 g/mol. The molecule has 1 fully saturated rings. The molecule has 0 aromatic carbocycles. The Labute approximate surface area is 151 Å². The Morgan fingerprint density at radius 3 is 2.36 bits per heavy atom. The molecule has 1 aliphatic rings. The second-order valence-electron chi connectivity index (χ2n) is 7.89. The summed E-state index contributed by atoms with van der Waals surface area (Å²) in [6.07, 6.45) is 5.22. The van der Waals surface area contributed by atoms with Crippen molar-refractivity contribution in [3.8, 4) is 0 Å². The first-order valence-electron chi connectivity index (χ1n) is 9.22. The summed E-state index contributed by atoms with van der Waals surface area (Å²) >= 11 is 0. The van der Waals surface area contributed by atoms with Crippen molar-refractivity contribution in [1.29, 1.82) is 0 Å². The number of esters is 1. The van der Waals surface area contributed by atoms with Crippen molar-refractivity contribution in [1.82, 2.24) is 4.90 Å². The smallest absolute Gasteiger partial charge is 0.411 e. The van der Waals surface area contributed by atoms with Crippen LogP contribution < -0.4 is 0 Å². The topological polar surface area (TPSA) is 72.9 Å². The molecule has 6 nitrogen and oxygen atoms in total. The highest BCUT2D eigenvalue weighted by Gasteiger charge is 2.48. The molecule has 144 valence electrons. The molecule has 0 saturated carbocycles. The molecular formula is C19H33NO5. The minimum Gasteiger partial charge on any atom is -0.469 e. The van der Waals surface area contributed by atoms with Gasteiger partial charge >= 0.3 is 12.1 Å². The predicted molar refractivity (Wildman–Crippen MR) is 95.3 cm³/mol. The molecule has 1 heterocycles. The summed E-state index contributed by atoms with van der Waals surface area (Å²) in [6.45, 7) is 7.67. The molecular weight excluding hydrogens is 322 g/mol. The maximum Gasteiger partial charge on any atom is 0.411 e. The molecule has 1 aliphatic heterocycles. The molecule has 0 spiro atoms. The lowest BCUT2D eigenvalue weighted by Crippen LogP contribution is -2.49. The lowest BCUT2D eigenvalue weighted by atomic mass is 9.84. The Balaban J connectivity index is 2.92. The van der Waals surface area contributed by atoms with E-state index < -0.39 is 17.2 Å². The second-order valence-corrected chi connectivity index (χ2v) is 7.89. The Bertz CT molecular complexity index is 483. The molecule has 1 amide bonds. The number of ether oxygens (including phenoxy) is 2. The molecule has 25 heavy (non-hydrogen) atoms. The van der Waals surface area contributed by atoms with Crippen LogP contribution in [0.15, 0.2) is 0 Å². The van der Waals surface area contributed by atoms with Crippen LogP contribution >= 0.6 is 0 Å². The van der Waals surface area contributed by atoms with E-state index in [1.54, 1.807) is 4.90 Å². The minimum atomic E-state index is -0.607. The summed E-state index contributed by atoms with van der Waals surface area (Å²) in [4.78, 5) is 37.9. The molecule has 1 saturated heterocycles. The maximum atomic E-state index is 12.7. The summed E-state index contributed by atoms with van der Waals surface area (Å²) < 4.78 is 10.2. The van der Waals surface area contributed by atoms with Crippen LogP contribution in [0.1, 0.15) is 79.1 Å². The largest absolute Gasteiger partial charge is 0.469 e. The Morgan fingerprint density at radius 2 is 1.80 bits per heavy atom. The van der Waals surface area contributed by atoms with E-state index in [1.165, 1.54) is 7.11 Å². The van der Waals surface area contributed by atoms with E-state index in [4.69, 9.17) is 9.47 Å². The highest BCUT2D eigenvalue weighted by Crippen LogP contribution is 2.38. The van der Waals surface area contributed by atoms with E-state index in [2.05, 4.69) is 6.92 Å². The number of hydrogen-bond acceptors (Lipinski definition) is 5. The number of rotatable bonds is 8. The van der Waals surface area contributed by atoms with Crippen molar-refractivity contribution in [2.24, 2.45) is 0 Å². The van der Waals surface area contributed by atoms with Crippen molar-refractivity contribution in [3.05, 3.63) is 0 Å². The zero-order valence-corrected chi connectivity index (χ0v) is 16.4. The second kappa shape index (κ2) is 9.20. The summed E-state index contributed by atoms with van der Waals surface area (Å²) in [5.74, 6) is -0.211. The fourth-order valence-corrected chi connectivity index (χ4v) is 3.38. The Kier molecular flexibility index (Phi) is 7.90. The standard InChI is InChI=1S/C19H33NO5/c1-6-7-8-11-19(12-9-10-16(22)24-5)13-15(21)14-20(19)17(23)25-18(2,3)4/h6-14H2,1-5H3/t19-/m1/s1. The van der Waals surface area contributed by atoms with Crippen LogP contribution in [-0.2, 0) is 19.1 Å². The quantitative estimate of drug-likeness (QED) is 0.488. The van der Waals surface area contributed by atoms with Crippen LogP contribution in [0.4, 0.5) is 4.79 Å². The first kappa shape index (κ1) is 21.5. The Morgan fingerprint density at radius 1 is 1.16 bits per heavy atom. The molecule has 1 atom stereocenters. The van der Waals surface area contributed by atoms with Gasteiger partial charge in [-0.05, 0) is 40.0 Å². The van der Waals surface area contributed by atoms with Gasteiger partial charge in [-0.2, -0.15) is 0 Å². The van der Waals surface area contributed by atoms with Gasteiger partial charge in [0, 0.05) is 12.8 Å². The highest BCUT2D eigenvalue weighted by atomic mass is 16.6. The zero-order valence-electron chi connectivity index (χ0n) is 16.4. The number of carbonyl (C=O) groups is 3. The van der Waals surface area contributed by atoms with E-state index in [9.17, 15) is 14.4 Å². The van der Waals surface area contributed by atoms with Crippen LogP contribution in [0.2, 0.25) is 0 Å². The molecule has 6 heteroatoms. The molecule has 0 aromatic heterocycles. The highest BCUT2D eigenvalue weighted by molar-refractivity contribution is 5.89. The number of hydrogen-bond donors (Lipinski definition) is 0. The number of amides is 1. The van der Waals surface area contributed by atoms with Crippen molar-refractivity contribution in [2.75, 3.05) is 13.7 Å². The predicted octanol–water partition coefficient (Wildman–Crippen LogP) is 3.86. The number of unbranched alkanes of at least 4 members (excludes halogenated alkanes) is 2. The van der Waals surface area contributed by atoms with Gasteiger partial charge in [0.05, 0.1) is 19.2 Å². The van der Waals surface area contributed by atoms with Gasteiger partial charge in [0.1, 0.15) is 5.60 Å². The molecule has 0 radical (unpaired) electrons. The third-order valence-corrected chi connectivity index (χ3v) is 4.54. The van der Waals surface area contributed by atoms with E-state index >= 15 is 0 Å². The number of nitrogens with zero attached hydrogens (tertiary/aromatic N) is 1. The fourth-order valence-electron chi connectivity index (χ4n) is 3.38. The van der Waals surface area contributed by atoms with Gasteiger partial charge in [0.15, 0.2) is 5.78 Å². The van der Waals surface area contributed by atoms with Gasteiger partial charge in [0.25, 0.3) is 0 Å². The third kappa shape index (κ3) is 6.67.